The van der Waals surface area contributed by atoms with Gasteiger partial charge in [-0.3, -0.25) is 4.79 Å². The van der Waals surface area contributed by atoms with Gasteiger partial charge < -0.3 is 14.5 Å². The van der Waals surface area contributed by atoms with Gasteiger partial charge in [0.15, 0.2) is 0 Å². The molecule has 4 heteroatoms. The summed E-state index contributed by atoms with van der Waals surface area (Å²) in [7, 11) is 0. The predicted octanol–water partition coefficient (Wildman–Crippen LogP) is 2.67. The Morgan fingerprint density at radius 3 is 2.71 bits per heavy atom. The molecule has 1 saturated heterocycles. The Labute approximate surface area is 126 Å². The summed E-state index contributed by atoms with van der Waals surface area (Å²) in [4.78, 5) is 17.0. The summed E-state index contributed by atoms with van der Waals surface area (Å²) in [6.45, 7) is 6.21. The Bertz CT molecular complexity index is 507. The third-order valence-corrected chi connectivity index (χ3v) is 4.63. The second-order valence-corrected chi connectivity index (χ2v) is 6.17. The second kappa shape index (κ2) is 5.96. The van der Waals surface area contributed by atoms with Crippen LogP contribution in [0.4, 0.5) is 5.69 Å². The summed E-state index contributed by atoms with van der Waals surface area (Å²) in [5, 5.41) is 0. The third kappa shape index (κ3) is 2.85. The SMILES string of the molecule is CC1CCCC(C)N1C(=O)CN1CCOc2ccccc21. The zero-order valence-corrected chi connectivity index (χ0v) is 12.9. The van der Waals surface area contributed by atoms with Gasteiger partial charge in [-0.05, 0) is 45.2 Å². The van der Waals surface area contributed by atoms with E-state index in [1.165, 1.54) is 6.42 Å². The van der Waals surface area contributed by atoms with Gasteiger partial charge in [0.25, 0.3) is 0 Å². The zero-order chi connectivity index (χ0) is 14.8. The van der Waals surface area contributed by atoms with Crippen molar-refractivity contribution in [3.05, 3.63) is 24.3 Å². The highest BCUT2D eigenvalue weighted by atomic mass is 16.5. The highest BCUT2D eigenvalue weighted by molar-refractivity contribution is 5.83. The van der Waals surface area contributed by atoms with E-state index in [0.717, 1.165) is 30.8 Å². The van der Waals surface area contributed by atoms with Crippen molar-refractivity contribution in [1.82, 2.24) is 4.90 Å². The van der Waals surface area contributed by atoms with Crippen molar-refractivity contribution in [2.75, 3.05) is 24.6 Å². The molecular formula is C17H24N2O2. The molecule has 4 nitrogen and oxygen atoms in total. The smallest absolute Gasteiger partial charge is 0.242 e. The van der Waals surface area contributed by atoms with Crippen LogP contribution in [0.25, 0.3) is 0 Å². The standard InChI is InChI=1S/C17H24N2O2/c1-13-6-5-7-14(2)19(13)17(20)12-18-10-11-21-16-9-4-3-8-15(16)18/h3-4,8-9,13-14H,5-7,10-12H2,1-2H3. The number of rotatable bonds is 2. The number of amides is 1. The Morgan fingerprint density at radius 2 is 1.95 bits per heavy atom. The van der Waals surface area contributed by atoms with Crippen molar-refractivity contribution in [3.8, 4) is 5.75 Å². The Balaban J connectivity index is 1.73. The van der Waals surface area contributed by atoms with Crippen LogP contribution in [0.1, 0.15) is 33.1 Å². The van der Waals surface area contributed by atoms with Crippen LogP contribution in [0, 0.1) is 0 Å². The first-order valence-electron chi connectivity index (χ1n) is 7.95. The summed E-state index contributed by atoms with van der Waals surface area (Å²) in [5.41, 5.74) is 1.04. The number of carbonyl (C=O) groups excluding carboxylic acids is 1. The van der Waals surface area contributed by atoms with Crippen molar-refractivity contribution in [2.24, 2.45) is 0 Å². The molecule has 2 heterocycles. The summed E-state index contributed by atoms with van der Waals surface area (Å²) in [6.07, 6.45) is 3.47. The average Bonchev–Trinajstić information content (AvgIpc) is 2.47. The lowest BCUT2D eigenvalue weighted by Crippen LogP contribution is -2.52. The molecule has 0 spiro atoms. The lowest BCUT2D eigenvalue weighted by atomic mass is 9.97. The molecule has 2 aliphatic rings. The van der Waals surface area contributed by atoms with E-state index in [2.05, 4.69) is 23.6 Å². The molecule has 114 valence electrons. The van der Waals surface area contributed by atoms with E-state index in [9.17, 15) is 4.79 Å². The summed E-state index contributed by atoms with van der Waals surface area (Å²) in [6, 6.07) is 8.69. The second-order valence-electron chi connectivity index (χ2n) is 6.17. The number of nitrogens with zero attached hydrogens (tertiary/aromatic N) is 2. The normalized spacial score (nSPS) is 25.2. The van der Waals surface area contributed by atoms with Gasteiger partial charge in [-0.15, -0.1) is 0 Å². The molecule has 1 aromatic carbocycles. The molecule has 0 aromatic heterocycles. The minimum absolute atomic E-state index is 0.242. The molecular weight excluding hydrogens is 264 g/mol. The average molecular weight is 288 g/mol. The molecule has 0 saturated carbocycles. The molecule has 0 N–H and O–H groups in total. The Kier molecular flexibility index (Phi) is 4.04. The van der Waals surface area contributed by atoms with Gasteiger partial charge >= 0.3 is 0 Å². The molecule has 0 radical (unpaired) electrons. The quantitative estimate of drug-likeness (QED) is 0.839. The van der Waals surface area contributed by atoms with Crippen LogP contribution >= 0.6 is 0 Å². The molecule has 0 aliphatic carbocycles. The minimum atomic E-state index is 0.242. The van der Waals surface area contributed by atoms with Crippen LogP contribution in [0.15, 0.2) is 24.3 Å². The fourth-order valence-electron chi connectivity index (χ4n) is 3.55. The highest BCUT2D eigenvalue weighted by Gasteiger charge is 2.30. The number of fused-ring (bicyclic) bond motifs is 1. The molecule has 1 aromatic rings. The van der Waals surface area contributed by atoms with Crippen molar-refractivity contribution < 1.29 is 9.53 Å². The van der Waals surface area contributed by atoms with E-state index in [1.54, 1.807) is 0 Å². The van der Waals surface area contributed by atoms with Gasteiger partial charge in [0.1, 0.15) is 12.4 Å². The fourth-order valence-corrected chi connectivity index (χ4v) is 3.55. The van der Waals surface area contributed by atoms with Crippen LogP contribution < -0.4 is 9.64 Å². The predicted molar refractivity (Wildman–Crippen MR) is 83.8 cm³/mol. The van der Waals surface area contributed by atoms with E-state index in [4.69, 9.17) is 4.74 Å². The monoisotopic (exact) mass is 288 g/mol. The van der Waals surface area contributed by atoms with Gasteiger partial charge in [0.05, 0.1) is 18.8 Å². The van der Waals surface area contributed by atoms with E-state index >= 15 is 0 Å². The number of hydrogen-bond acceptors (Lipinski definition) is 3. The van der Waals surface area contributed by atoms with Gasteiger partial charge in [-0.25, -0.2) is 0 Å². The lowest BCUT2D eigenvalue weighted by Gasteiger charge is -2.41. The van der Waals surface area contributed by atoms with Crippen LogP contribution in [0.3, 0.4) is 0 Å². The number of likely N-dealkylation sites (tertiary alicyclic amines) is 1. The summed E-state index contributed by atoms with van der Waals surface area (Å²) in [5.74, 6) is 1.13. The van der Waals surface area contributed by atoms with E-state index in [0.29, 0.717) is 25.2 Å². The largest absolute Gasteiger partial charge is 0.490 e. The molecule has 1 fully saturated rings. The van der Waals surface area contributed by atoms with Gasteiger partial charge in [0.2, 0.25) is 5.91 Å². The number of carbonyl (C=O) groups is 1. The van der Waals surface area contributed by atoms with Gasteiger partial charge in [0, 0.05) is 12.1 Å². The summed E-state index contributed by atoms with van der Waals surface area (Å²) < 4.78 is 5.66. The molecule has 2 aliphatic heterocycles. The number of ether oxygens (including phenoxy) is 1. The van der Waals surface area contributed by atoms with Crippen molar-refractivity contribution >= 4 is 11.6 Å². The number of piperidine rings is 1. The first-order chi connectivity index (χ1) is 10.2. The maximum absolute atomic E-state index is 12.7. The molecule has 0 bridgehead atoms. The number of para-hydroxylation sites is 2. The van der Waals surface area contributed by atoms with E-state index in [-0.39, 0.29) is 5.91 Å². The zero-order valence-electron chi connectivity index (χ0n) is 12.9. The van der Waals surface area contributed by atoms with Crippen LogP contribution in [-0.4, -0.2) is 42.6 Å². The number of benzene rings is 1. The first kappa shape index (κ1) is 14.2. The highest BCUT2D eigenvalue weighted by Crippen LogP contribution is 2.31. The van der Waals surface area contributed by atoms with E-state index < -0.39 is 0 Å². The van der Waals surface area contributed by atoms with Gasteiger partial charge in [-0.1, -0.05) is 12.1 Å². The van der Waals surface area contributed by atoms with Crippen LogP contribution in [0.2, 0.25) is 0 Å². The Hall–Kier alpha value is -1.71. The maximum atomic E-state index is 12.7. The lowest BCUT2D eigenvalue weighted by molar-refractivity contribution is -0.135. The van der Waals surface area contributed by atoms with Crippen molar-refractivity contribution in [3.63, 3.8) is 0 Å². The molecule has 2 atom stereocenters. The third-order valence-electron chi connectivity index (χ3n) is 4.63. The summed E-state index contributed by atoms with van der Waals surface area (Å²) >= 11 is 0. The fraction of sp³-hybridized carbons (Fsp3) is 0.588. The minimum Gasteiger partial charge on any atom is -0.490 e. The first-order valence-corrected chi connectivity index (χ1v) is 7.95. The molecule has 2 unspecified atom stereocenters. The van der Waals surface area contributed by atoms with E-state index in [1.807, 2.05) is 24.3 Å². The van der Waals surface area contributed by atoms with Gasteiger partial charge in [-0.2, -0.15) is 0 Å². The number of hydrogen-bond donors (Lipinski definition) is 0. The Morgan fingerprint density at radius 1 is 1.24 bits per heavy atom. The van der Waals surface area contributed by atoms with Crippen molar-refractivity contribution in [2.45, 2.75) is 45.2 Å². The maximum Gasteiger partial charge on any atom is 0.242 e. The van der Waals surface area contributed by atoms with Crippen LogP contribution in [0.5, 0.6) is 5.75 Å². The topological polar surface area (TPSA) is 32.8 Å². The number of anilines is 1. The molecule has 1 amide bonds. The molecule has 3 rings (SSSR count). The van der Waals surface area contributed by atoms with Crippen LogP contribution in [-0.2, 0) is 4.79 Å². The van der Waals surface area contributed by atoms with Crippen molar-refractivity contribution in [1.29, 1.82) is 0 Å². The molecule has 21 heavy (non-hydrogen) atoms.